The Balaban J connectivity index is 1.36. The van der Waals surface area contributed by atoms with Crippen LogP contribution in [0, 0.1) is 17.6 Å². The molecule has 0 bridgehead atoms. The minimum atomic E-state index is -3.34. The molecule has 0 spiro atoms. The molecule has 180 valence electrons. The Labute approximate surface area is 198 Å². The molecule has 2 heterocycles. The van der Waals surface area contributed by atoms with Gasteiger partial charge >= 0.3 is 0 Å². The van der Waals surface area contributed by atoms with Gasteiger partial charge in [-0.15, -0.1) is 0 Å². The first-order valence-electron chi connectivity index (χ1n) is 11.2. The predicted molar refractivity (Wildman–Crippen MR) is 127 cm³/mol. The molecule has 0 unspecified atom stereocenters. The van der Waals surface area contributed by atoms with E-state index in [9.17, 15) is 17.2 Å². The molecular formula is C25H27F2N3O3S. The number of anilines is 1. The zero-order valence-corrected chi connectivity index (χ0v) is 20.0. The molecule has 0 N–H and O–H groups in total. The molecular weight excluding hydrogens is 460 g/mol. The number of hydrogen-bond acceptors (Lipinski definition) is 6. The zero-order chi connectivity index (χ0) is 24.3. The molecule has 3 aromatic rings. The molecule has 6 nitrogen and oxygen atoms in total. The molecule has 34 heavy (non-hydrogen) atoms. The van der Waals surface area contributed by atoms with E-state index in [1.807, 2.05) is 12.4 Å². The normalized spacial score (nSPS) is 14.9. The lowest BCUT2D eigenvalue weighted by atomic mass is 9.98. The second kappa shape index (κ2) is 10.0. The molecule has 4 rings (SSSR count). The van der Waals surface area contributed by atoms with E-state index in [4.69, 9.17) is 4.74 Å². The third kappa shape index (κ3) is 5.52. The van der Waals surface area contributed by atoms with Gasteiger partial charge in [-0.1, -0.05) is 19.1 Å². The highest BCUT2D eigenvalue weighted by Crippen LogP contribution is 2.31. The van der Waals surface area contributed by atoms with E-state index in [1.54, 1.807) is 0 Å². The molecule has 9 heteroatoms. The number of benzene rings is 2. The minimum absolute atomic E-state index is 0.146. The Bertz CT molecular complexity index is 1220. The fourth-order valence-corrected chi connectivity index (χ4v) is 4.58. The molecule has 2 aromatic carbocycles. The summed E-state index contributed by atoms with van der Waals surface area (Å²) in [6.45, 7) is 3.79. The van der Waals surface area contributed by atoms with E-state index in [1.165, 1.54) is 36.4 Å². The Hall–Kier alpha value is -3.07. The summed E-state index contributed by atoms with van der Waals surface area (Å²) in [6.07, 6.45) is 7.30. The summed E-state index contributed by atoms with van der Waals surface area (Å²) >= 11 is 0. The molecule has 1 aromatic heterocycles. The van der Waals surface area contributed by atoms with Crippen molar-refractivity contribution in [1.82, 2.24) is 9.97 Å². The van der Waals surface area contributed by atoms with Crippen LogP contribution in [0.2, 0.25) is 0 Å². The highest BCUT2D eigenvalue weighted by Gasteiger charge is 2.23. The number of nitrogens with zero attached hydrogens (tertiary/aromatic N) is 3. The highest BCUT2D eigenvalue weighted by molar-refractivity contribution is 7.90. The van der Waals surface area contributed by atoms with Gasteiger partial charge in [0, 0.05) is 31.7 Å². The van der Waals surface area contributed by atoms with E-state index in [-0.39, 0.29) is 17.4 Å². The third-order valence-electron chi connectivity index (χ3n) is 6.07. The maximum atomic E-state index is 14.7. The first kappa shape index (κ1) is 24.1. The molecule has 0 amide bonds. The van der Waals surface area contributed by atoms with Crippen molar-refractivity contribution in [2.45, 2.75) is 31.1 Å². The van der Waals surface area contributed by atoms with Crippen molar-refractivity contribution in [3.63, 3.8) is 0 Å². The van der Waals surface area contributed by atoms with E-state index in [0.717, 1.165) is 44.2 Å². The average molecular weight is 488 g/mol. The third-order valence-corrected chi connectivity index (χ3v) is 7.20. The number of rotatable bonds is 7. The first-order valence-corrected chi connectivity index (χ1v) is 13.1. The molecule has 0 saturated carbocycles. The van der Waals surface area contributed by atoms with Crippen molar-refractivity contribution in [2.24, 2.45) is 5.92 Å². The fourth-order valence-electron chi connectivity index (χ4n) is 3.95. The monoisotopic (exact) mass is 487 g/mol. The van der Waals surface area contributed by atoms with Crippen LogP contribution in [0.5, 0.6) is 5.75 Å². The number of sulfone groups is 1. The maximum Gasteiger partial charge on any atom is 0.225 e. The lowest BCUT2D eigenvalue weighted by Gasteiger charge is -2.31. The predicted octanol–water partition coefficient (Wildman–Crippen LogP) is 4.68. The van der Waals surface area contributed by atoms with Crippen molar-refractivity contribution >= 4 is 15.8 Å². The number of hydrogen-bond donors (Lipinski definition) is 0. The van der Waals surface area contributed by atoms with Crippen LogP contribution in [0.4, 0.5) is 14.7 Å². The minimum Gasteiger partial charge on any atom is -0.487 e. The van der Waals surface area contributed by atoms with Crippen molar-refractivity contribution in [1.29, 1.82) is 0 Å². The quantitative estimate of drug-likeness (QED) is 0.482. The topological polar surface area (TPSA) is 72.4 Å². The van der Waals surface area contributed by atoms with Crippen LogP contribution < -0.4 is 9.64 Å². The summed E-state index contributed by atoms with van der Waals surface area (Å²) in [6, 6.07) is 8.29. The number of halogens is 2. The van der Waals surface area contributed by atoms with Gasteiger partial charge in [0.2, 0.25) is 5.95 Å². The van der Waals surface area contributed by atoms with Crippen LogP contribution in [0.15, 0.2) is 53.7 Å². The average Bonchev–Trinajstić information content (AvgIpc) is 2.83. The Morgan fingerprint density at radius 3 is 2.12 bits per heavy atom. The van der Waals surface area contributed by atoms with E-state index >= 15 is 0 Å². The summed E-state index contributed by atoms with van der Waals surface area (Å²) in [5.41, 5.74) is 1.91. The summed E-state index contributed by atoms with van der Waals surface area (Å²) in [5, 5.41) is 0. The lowest BCUT2D eigenvalue weighted by molar-refractivity contribution is 0.207. The molecule has 1 aliphatic heterocycles. The van der Waals surface area contributed by atoms with Gasteiger partial charge in [0.1, 0.15) is 0 Å². The molecule has 1 fully saturated rings. The molecule has 0 atom stereocenters. The number of piperidine rings is 1. The highest BCUT2D eigenvalue weighted by atomic mass is 32.2. The SMILES string of the molecule is CCc1cnc(N2CCC(COc3c(F)cc(-c4ccc(S(C)(=O)=O)cc4)cc3F)CC2)nc1. The first-order chi connectivity index (χ1) is 16.2. The van der Waals surface area contributed by atoms with E-state index in [2.05, 4.69) is 21.8 Å². The summed E-state index contributed by atoms with van der Waals surface area (Å²) in [7, 11) is -3.34. The van der Waals surface area contributed by atoms with Gasteiger partial charge in [-0.25, -0.2) is 27.2 Å². The smallest absolute Gasteiger partial charge is 0.225 e. The van der Waals surface area contributed by atoms with Gasteiger partial charge < -0.3 is 9.64 Å². The molecule has 0 aliphatic carbocycles. The van der Waals surface area contributed by atoms with E-state index < -0.39 is 27.2 Å². The second-order valence-electron chi connectivity index (χ2n) is 8.55. The molecule has 1 aliphatic rings. The van der Waals surface area contributed by atoms with Gasteiger partial charge in [0.05, 0.1) is 11.5 Å². The standard InChI is InChI=1S/C25H27F2N3O3S/c1-3-17-14-28-25(29-15-17)30-10-8-18(9-11-30)16-33-24-22(26)12-20(13-23(24)27)19-4-6-21(7-5-19)34(2,31)32/h4-7,12-15,18H,3,8-11,16H2,1-2H3. The zero-order valence-electron chi connectivity index (χ0n) is 19.2. The van der Waals surface area contributed by atoms with Gasteiger partial charge in [-0.05, 0) is 66.1 Å². The number of aromatic nitrogens is 2. The maximum absolute atomic E-state index is 14.7. The van der Waals surface area contributed by atoms with Gasteiger partial charge in [-0.3, -0.25) is 0 Å². The largest absolute Gasteiger partial charge is 0.487 e. The van der Waals surface area contributed by atoms with Crippen molar-refractivity contribution < 1.29 is 21.9 Å². The Kier molecular flexibility index (Phi) is 7.11. The van der Waals surface area contributed by atoms with Crippen molar-refractivity contribution in [3.8, 4) is 16.9 Å². The lowest BCUT2D eigenvalue weighted by Crippen LogP contribution is -2.36. The van der Waals surface area contributed by atoms with Crippen LogP contribution in [-0.2, 0) is 16.3 Å². The Morgan fingerprint density at radius 1 is 1.00 bits per heavy atom. The molecule has 1 saturated heterocycles. The van der Waals surface area contributed by atoms with Gasteiger partial charge in [0.15, 0.2) is 27.2 Å². The summed E-state index contributed by atoms with van der Waals surface area (Å²) in [5.74, 6) is -1.09. The second-order valence-corrected chi connectivity index (χ2v) is 10.6. The Morgan fingerprint density at radius 2 is 1.59 bits per heavy atom. The van der Waals surface area contributed by atoms with Crippen molar-refractivity contribution in [2.75, 3.05) is 30.9 Å². The van der Waals surface area contributed by atoms with Gasteiger partial charge in [0.25, 0.3) is 0 Å². The summed E-state index contributed by atoms with van der Waals surface area (Å²) in [4.78, 5) is 11.1. The van der Waals surface area contributed by atoms with Crippen LogP contribution in [-0.4, -0.2) is 44.3 Å². The van der Waals surface area contributed by atoms with Crippen LogP contribution >= 0.6 is 0 Å². The summed E-state index contributed by atoms with van der Waals surface area (Å²) < 4.78 is 58.1. The van der Waals surface area contributed by atoms with Crippen LogP contribution in [0.1, 0.15) is 25.3 Å². The number of ether oxygens (including phenoxy) is 1. The van der Waals surface area contributed by atoms with Crippen molar-refractivity contribution in [3.05, 3.63) is 66.0 Å². The fraction of sp³-hybridized carbons (Fsp3) is 0.360. The van der Waals surface area contributed by atoms with Gasteiger partial charge in [-0.2, -0.15) is 0 Å². The van der Waals surface area contributed by atoms with E-state index in [0.29, 0.717) is 17.1 Å². The molecule has 0 radical (unpaired) electrons. The van der Waals surface area contributed by atoms with Crippen LogP contribution in [0.25, 0.3) is 11.1 Å². The van der Waals surface area contributed by atoms with Crippen LogP contribution in [0.3, 0.4) is 0 Å². The number of aryl methyl sites for hydroxylation is 1.